The first-order valence-corrected chi connectivity index (χ1v) is 5.64. The summed E-state index contributed by atoms with van der Waals surface area (Å²) in [5.74, 6) is 0.972. The number of hydrogen-bond acceptors (Lipinski definition) is 3. The number of rotatable bonds is 6. The summed E-state index contributed by atoms with van der Waals surface area (Å²) in [7, 11) is 5.82. The van der Waals surface area contributed by atoms with Crippen LogP contribution in [-0.2, 0) is 6.54 Å². The topological polar surface area (TPSA) is 24.5 Å². The summed E-state index contributed by atoms with van der Waals surface area (Å²) in [5.41, 5.74) is 2.48. The Bertz CT molecular complexity index is 326. The Kier molecular flexibility index (Phi) is 5.29. The normalized spacial score (nSPS) is 10.8. The highest BCUT2D eigenvalue weighted by Crippen LogP contribution is 2.19. The summed E-state index contributed by atoms with van der Waals surface area (Å²) in [6.45, 7) is 5.08. The van der Waals surface area contributed by atoms with Gasteiger partial charge in [0.25, 0.3) is 0 Å². The predicted octanol–water partition coefficient (Wildman–Crippen LogP) is 1.65. The molecular formula is C13H22N2O. The molecule has 1 aromatic rings. The van der Waals surface area contributed by atoms with Crippen LogP contribution in [0.3, 0.4) is 0 Å². The van der Waals surface area contributed by atoms with E-state index in [1.807, 2.05) is 7.05 Å². The monoisotopic (exact) mass is 222 g/mol. The van der Waals surface area contributed by atoms with Crippen molar-refractivity contribution in [3.05, 3.63) is 29.3 Å². The fourth-order valence-corrected chi connectivity index (χ4v) is 1.66. The minimum absolute atomic E-state index is 0.957. The van der Waals surface area contributed by atoms with E-state index in [1.165, 1.54) is 11.1 Å². The highest BCUT2D eigenvalue weighted by Gasteiger charge is 2.03. The zero-order valence-corrected chi connectivity index (χ0v) is 10.7. The Morgan fingerprint density at radius 1 is 1.38 bits per heavy atom. The number of methoxy groups -OCH3 is 1. The average Bonchev–Trinajstić information content (AvgIpc) is 2.29. The summed E-state index contributed by atoms with van der Waals surface area (Å²) in [5, 5.41) is 3.15. The number of hydrogen-bond donors (Lipinski definition) is 1. The number of nitrogens with one attached hydrogen (secondary N) is 1. The summed E-state index contributed by atoms with van der Waals surface area (Å²) in [4.78, 5) is 2.29. The lowest BCUT2D eigenvalue weighted by molar-refractivity contribution is 0.327. The smallest absolute Gasteiger partial charge is 0.122 e. The lowest BCUT2D eigenvalue weighted by Crippen LogP contribution is -2.26. The molecule has 16 heavy (non-hydrogen) atoms. The molecule has 0 heterocycles. The molecule has 0 aliphatic rings. The van der Waals surface area contributed by atoms with Crippen LogP contribution in [-0.4, -0.2) is 39.2 Å². The molecule has 0 unspecified atom stereocenters. The van der Waals surface area contributed by atoms with Gasteiger partial charge in [0, 0.05) is 19.6 Å². The van der Waals surface area contributed by atoms with Gasteiger partial charge in [0.2, 0.25) is 0 Å². The maximum absolute atomic E-state index is 5.32. The molecule has 0 aliphatic heterocycles. The minimum Gasteiger partial charge on any atom is -0.496 e. The largest absolute Gasteiger partial charge is 0.496 e. The van der Waals surface area contributed by atoms with Gasteiger partial charge in [-0.1, -0.05) is 12.1 Å². The third kappa shape index (κ3) is 3.83. The van der Waals surface area contributed by atoms with Crippen molar-refractivity contribution < 1.29 is 4.74 Å². The van der Waals surface area contributed by atoms with Gasteiger partial charge >= 0.3 is 0 Å². The molecule has 90 valence electrons. The van der Waals surface area contributed by atoms with Gasteiger partial charge < -0.3 is 15.0 Å². The third-order valence-electron chi connectivity index (χ3n) is 2.67. The van der Waals surface area contributed by atoms with E-state index in [-0.39, 0.29) is 0 Å². The van der Waals surface area contributed by atoms with Crippen molar-refractivity contribution in [2.45, 2.75) is 13.5 Å². The Hall–Kier alpha value is -1.06. The van der Waals surface area contributed by atoms with Gasteiger partial charge in [-0.05, 0) is 38.2 Å². The highest BCUT2D eigenvalue weighted by atomic mass is 16.5. The molecule has 1 N–H and O–H groups in total. The van der Waals surface area contributed by atoms with Crippen LogP contribution < -0.4 is 10.1 Å². The number of likely N-dealkylation sites (N-methyl/N-ethyl adjacent to an activating group) is 2. The zero-order valence-electron chi connectivity index (χ0n) is 10.7. The Morgan fingerprint density at radius 3 is 2.75 bits per heavy atom. The number of aryl methyl sites for hydroxylation is 1. The van der Waals surface area contributed by atoms with Gasteiger partial charge in [0.1, 0.15) is 5.75 Å². The minimum atomic E-state index is 0.957. The molecule has 0 amide bonds. The van der Waals surface area contributed by atoms with Gasteiger partial charge in [-0.25, -0.2) is 0 Å². The summed E-state index contributed by atoms with van der Waals surface area (Å²) < 4.78 is 5.32. The van der Waals surface area contributed by atoms with Crippen LogP contribution in [0.5, 0.6) is 5.75 Å². The molecule has 0 atom stereocenters. The van der Waals surface area contributed by atoms with E-state index in [9.17, 15) is 0 Å². The maximum atomic E-state index is 5.32. The molecule has 3 heteroatoms. The van der Waals surface area contributed by atoms with Crippen molar-refractivity contribution in [2.24, 2.45) is 0 Å². The van der Waals surface area contributed by atoms with Gasteiger partial charge in [-0.3, -0.25) is 0 Å². The molecular weight excluding hydrogens is 200 g/mol. The van der Waals surface area contributed by atoms with E-state index in [4.69, 9.17) is 4.74 Å². The molecule has 3 nitrogen and oxygen atoms in total. The molecule has 0 fully saturated rings. The molecule has 0 aromatic heterocycles. The SMILES string of the molecule is CNCCN(C)Cc1ccc(C)c(OC)c1. The second kappa shape index (κ2) is 6.51. The predicted molar refractivity (Wildman–Crippen MR) is 68.0 cm³/mol. The van der Waals surface area contributed by atoms with Gasteiger partial charge in [-0.15, -0.1) is 0 Å². The van der Waals surface area contributed by atoms with Gasteiger partial charge in [-0.2, -0.15) is 0 Å². The van der Waals surface area contributed by atoms with Crippen LogP contribution in [0.2, 0.25) is 0 Å². The first-order valence-electron chi connectivity index (χ1n) is 5.64. The van der Waals surface area contributed by atoms with E-state index in [0.29, 0.717) is 0 Å². The molecule has 0 saturated carbocycles. The molecule has 0 aliphatic carbocycles. The lowest BCUT2D eigenvalue weighted by Gasteiger charge is -2.17. The average molecular weight is 222 g/mol. The zero-order chi connectivity index (χ0) is 12.0. The van der Waals surface area contributed by atoms with Crippen molar-refractivity contribution >= 4 is 0 Å². The first-order chi connectivity index (χ1) is 7.67. The number of ether oxygens (including phenoxy) is 1. The number of nitrogens with zero attached hydrogens (tertiary/aromatic N) is 1. The van der Waals surface area contributed by atoms with Crippen LogP contribution in [0, 0.1) is 6.92 Å². The molecule has 0 saturated heterocycles. The highest BCUT2D eigenvalue weighted by molar-refractivity contribution is 5.36. The molecule has 0 radical (unpaired) electrons. The van der Waals surface area contributed by atoms with E-state index in [1.54, 1.807) is 7.11 Å². The van der Waals surface area contributed by atoms with Crippen LogP contribution in [0.15, 0.2) is 18.2 Å². The summed E-state index contributed by atoms with van der Waals surface area (Å²) in [6, 6.07) is 6.39. The van der Waals surface area contributed by atoms with Crippen molar-refractivity contribution in [3.63, 3.8) is 0 Å². The Balaban J connectivity index is 2.59. The maximum Gasteiger partial charge on any atom is 0.122 e. The van der Waals surface area contributed by atoms with Crippen LogP contribution >= 0.6 is 0 Å². The standard InChI is InChI=1S/C13H22N2O/c1-11-5-6-12(9-13(11)16-4)10-15(3)8-7-14-2/h5-6,9,14H,7-8,10H2,1-4H3. The van der Waals surface area contributed by atoms with Gasteiger partial charge in [0.05, 0.1) is 7.11 Å². The Morgan fingerprint density at radius 2 is 2.12 bits per heavy atom. The van der Waals surface area contributed by atoms with Crippen molar-refractivity contribution in [3.8, 4) is 5.75 Å². The van der Waals surface area contributed by atoms with E-state index in [2.05, 4.69) is 42.4 Å². The van der Waals surface area contributed by atoms with Crippen LogP contribution in [0.1, 0.15) is 11.1 Å². The van der Waals surface area contributed by atoms with Crippen molar-refractivity contribution in [1.29, 1.82) is 0 Å². The quantitative estimate of drug-likeness (QED) is 0.792. The fraction of sp³-hybridized carbons (Fsp3) is 0.538. The van der Waals surface area contributed by atoms with Crippen molar-refractivity contribution in [2.75, 3.05) is 34.3 Å². The van der Waals surface area contributed by atoms with E-state index < -0.39 is 0 Å². The summed E-state index contributed by atoms with van der Waals surface area (Å²) in [6.07, 6.45) is 0. The van der Waals surface area contributed by atoms with Crippen LogP contribution in [0.4, 0.5) is 0 Å². The molecule has 0 spiro atoms. The van der Waals surface area contributed by atoms with Gasteiger partial charge in [0.15, 0.2) is 0 Å². The number of benzene rings is 1. The second-order valence-electron chi connectivity index (χ2n) is 4.15. The third-order valence-corrected chi connectivity index (χ3v) is 2.67. The summed E-state index contributed by atoms with van der Waals surface area (Å²) >= 11 is 0. The molecule has 0 bridgehead atoms. The lowest BCUT2D eigenvalue weighted by atomic mass is 10.1. The fourth-order valence-electron chi connectivity index (χ4n) is 1.66. The van der Waals surface area contributed by atoms with Crippen molar-refractivity contribution in [1.82, 2.24) is 10.2 Å². The van der Waals surface area contributed by atoms with Crippen LogP contribution in [0.25, 0.3) is 0 Å². The Labute approximate surface area is 98.4 Å². The first kappa shape index (κ1) is 13.0. The molecule has 1 rings (SSSR count). The van der Waals surface area contributed by atoms with E-state index in [0.717, 1.165) is 25.4 Å². The van der Waals surface area contributed by atoms with E-state index >= 15 is 0 Å². The second-order valence-corrected chi connectivity index (χ2v) is 4.15. The molecule has 1 aromatic carbocycles.